The van der Waals surface area contributed by atoms with Crippen LogP contribution in [-0.2, 0) is 11.3 Å². The van der Waals surface area contributed by atoms with Crippen LogP contribution < -0.4 is 10.6 Å². The number of rotatable bonds is 6. The van der Waals surface area contributed by atoms with Gasteiger partial charge in [0.15, 0.2) is 5.82 Å². The first-order chi connectivity index (χ1) is 7.69. The number of ether oxygens (including phenoxy) is 1. The number of hydrogen-bond donors (Lipinski definition) is 1. The Kier molecular flexibility index (Phi) is 5.14. The largest absolute Gasteiger partial charge is 0.383 e. The summed E-state index contributed by atoms with van der Waals surface area (Å²) in [6.07, 6.45) is 0. The molecule has 0 bridgehead atoms. The Morgan fingerprint density at radius 2 is 2.12 bits per heavy atom. The van der Waals surface area contributed by atoms with E-state index in [4.69, 9.17) is 10.5 Å². The second-order valence-electron chi connectivity index (χ2n) is 3.87. The monoisotopic (exact) mass is 224 g/mol. The number of nitrogens with zero attached hydrogens (tertiary/aromatic N) is 3. The van der Waals surface area contributed by atoms with Gasteiger partial charge in [-0.25, -0.2) is 0 Å². The standard InChI is InChI=1S/C11H20N4O/c1-9(2)15(6-7-16-3)11-5-4-10(8-12)13-14-11/h4-5,9H,6-8,12H2,1-3H3. The van der Waals surface area contributed by atoms with Gasteiger partial charge in [0.1, 0.15) is 0 Å². The molecule has 0 saturated carbocycles. The fourth-order valence-electron chi connectivity index (χ4n) is 1.44. The van der Waals surface area contributed by atoms with Crippen molar-refractivity contribution in [1.29, 1.82) is 0 Å². The zero-order chi connectivity index (χ0) is 12.0. The van der Waals surface area contributed by atoms with E-state index in [0.29, 0.717) is 19.2 Å². The van der Waals surface area contributed by atoms with Gasteiger partial charge in [-0.3, -0.25) is 0 Å². The summed E-state index contributed by atoms with van der Waals surface area (Å²) in [6, 6.07) is 4.23. The normalized spacial score (nSPS) is 10.8. The van der Waals surface area contributed by atoms with Crippen LogP contribution in [0.25, 0.3) is 0 Å². The summed E-state index contributed by atoms with van der Waals surface area (Å²) >= 11 is 0. The minimum atomic E-state index is 0.369. The number of methoxy groups -OCH3 is 1. The Hall–Kier alpha value is -1.20. The average molecular weight is 224 g/mol. The summed E-state index contributed by atoms with van der Waals surface area (Å²) in [7, 11) is 1.70. The predicted octanol–water partition coefficient (Wildman–Crippen LogP) is 0.797. The highest BCUT2D eigenvalue weighted by Crippen LogP contribution is 2.12. The molecule has 0 aliphatic heterocycles. The van der Waals surface area contributed by atoms with Gasteiger partial charge in [0.25, 0.3) is 0 Å². The van der Waals surface area contributed by atoms with Crippen LogP contribution in [0.1, 0.15) is 19.5 Å². The lowest BCUT2D eigenvalue weighted by atomic mass is 10.3. The Morgan fingerprint density at radius 3 is 2.56 bits per heavy atom. The Balaban J connectivity index is 2.75. The van der Waals surface area contributed by atoms with E-state index in [2.05, 4.69) is 28.9 Å². The molecule has 5 nitrogen and oxygen atoms in total. The van der Waals surface area contributed by atoms with Crippen LogP contribution in [0.2, 0.25) is 0 Å². The van der Waals surface area contributed by atoms with E-state index in [0.717, 1.165) is 18.1 Å². The highest BCUT2D eigenvalue weighted by Gasteiger charge is 2.11. The molecule has 0 aliphatic rings. The lowest BCUT2D eigenvalue weighted by molar-refractivity contribution is 0.203. The fraction of sp³-hybridized carbons (Fsp3) is 0.636. The van der Waals surface area contributed by atoms with Gasteiger partial charge in [-0.15, -0.1) is 5.10 Å². The lowest BCUT2D eigenvalue weighted by Crippen LogP contribution is -2.34. The van der Waals surface area contributed by atoms with Crippen LogP contribution in [0.5, 0.6) is 0 Å². The Morgan fingerprint density at radius 1 is 1.38 bits per heavy atom. The highest BCUT2D eigenvalue weighted by atomic mass is 16.5. The molecule has 0 atom stereocenters. The molecule has 0 amide bonds. The smallest absolute Gasteiger partial charge is 0.151 e. The summed E-state index contributed by atoms with van der Waals surface area (Å²) < 4.78 is 5.08. The van der Waals surface area contributed by atoms with Crippen LogP contribution in [0, 0.1) is 0 Å². The third kappa shape index (κ3) is 3.43. The maximum Gasteiger partial charge on any atom is 0.151 e. The molecule has 5 heteroatoms. The fourth-order valence-corrected chi connectivity index (χ4v) is 1.44. The molecule has 90 valence electrons. The first-order valence-corrected chi connectivity index (χ1v) is 5.47. The number of nitrogens with two attached hydrogens (primary N) is 1. The van der Waals surface area contributed by atoms with Gasteiger partial charge in [-0.2, -0.15) is 5.10 Å². The molecule has 1 aromatic heterocycles. The van der Waals surface area contributed by atoms with Gasteiger partial charge < -0.3 is 15.4 Å². The number of aromatic nitrogens is 2. The average Bonchev–Trinajstić information content (AvgIpc) is 2.30. The summed E-state index contributed by atoms with van der Waals surface area (Å²) in [6.45, 7) is 6.15. The molecule has 0 spiro atoms. The van der Waals surface area contributed by atoms with Crippen molar-refractivity contribution in [3.63, 3.8) is 0 Å². The van der Waals surface area contributed by atoms with Crippen molar-refractivity contribution >= 4 is 5.82 Å². The zero-order valence-electron chi connectivity index (χ0n) is 10.2. The molecule has 2 N–H and O–H groups in total. The quantitative estimate of drug-likeness (QED) is 0.774. The summed E-state index contributed by atoms with van der Waals surface area (Å²) in [5.41, 5.74) is 6.28. The Bertz CT molecular complexity index is 299. The van der Waals surface area contributed by atoms with Crippen molar-refractivity contribution < 1.29 is 4.74 Å². The summed E-state index contributed by atoms with van der Waals surface area (Å²) in [5, 5.41) is 8.22. The van der Waals surface area contributed by atoms with Crippen molar-refractivity contribution in [2.75, 3.05) is 25.2 Å². The summed E-state index contributed by atoms with van der Waals surface area (Å²) in [4.78, 5) is 2.15. The van der Waals surface area contributed by atoms with Crippen LogP contribution in [0.3, 0.4) is 0 Å². The van der Waals surface area contributed by atoms with Gasteiger partial charge in [0, 0.05) is 26.2 Å². The summed E-state index contributed by atoms with van der Waals surface area (Å²) in [5.74, 6) is 0.865. The number of hydrogen-bond acceptors (Lipinski definition) is 5. The van der Waals surface area contributed by atoms with Gasteiger partial charge >= 0.3 is 0 Å². The van der Waals surface area contributed by atoms with Crippen molar-refractivity contribution in [2.24, 2.45) is 5.73 Å². The van der Waals surface area contributed by atoms with Crippen molar-refractivity contribution in [1.82, 2.24) is 10.2 Å². The van der Waals surface area contributed by atoms with Crippen molar-refractivity contribution in [2.45, 2.75) is 26.4 Å². The lowest BCUT2D eigenvalue weighted by Gasteiger charge is -2.27. The molecule has 1 heterocycles. The van der Waals surface area contributed by atoms with E-state index in [1.807, 2.05) is 12.1 Å². The van der Waals surface area contributed by atoms with Gasteiger partial charge in [-0.1, -0.05) is 0 Å². The van der Waals surface area contributed by atoms with Gasteiger partial charge in [-0.05, 0) is 26.0 Å². The SMILES string of the molecule is COCCN(c1ccc(CN)nn1)C(C)C. The molecule has 1 rings (SSSR count). The molecule has 16 heavy (non-hydrogen) atoms. The molecule has 0 aromatic carbocycles. The van der Waals surface area contributed by atoms with Crippen LogP contribution in [-0.4, -0.2) is 36.5 Å². The van der Waals surface area contributed by atoms with E-state index in [9.17, 15) is 0 Å². The van der Waals surface area contributed by atoms with E-state index >= 15 is 0 Å². The van der Waals surface area contributed by atoms with Crippen LogP contribution >= 0.6 is 0 Å². The minimum absolute atomic E-state index is 0.369. The topological polar surface area (TPSA) is 64.3 Å². The number of anilines is 1. The highest BCUT2D eigenvalue weighted by molar-refractivity contribution is 5.38. The second-order valence-corrected chi connectivity index (χ2v) is 3.87. The van der Waals surface area contributed by atoms with E-state index in [1.54, 1.807) is 7.11 Å². The van der Waals surface area contributed by atoms with Crippen molar-refractivity contribution in [3.8, 4) is 0 Å². The van der Waals surface area contributed by atoms with Crippen molar-refractivity contribution in [3.05, 3.63) is 17.8 Å². The molecule has 1 aromatic rings. The first kappa shape index (κ1) is 12.9. The van der Waals surface area contributed by atoms with Gasteiger partial charge in [0.05, 0.1) is 12.3 Å². The maximum atomic E-state index is 5.48. The second kappa shape index (κ2) is 6.40. The van der Waals surface area contributed by atoms with E-state index in [-0.39, 0.29) is 0 Å². The maximum absolute atomic E-state index is 5.48. The first-order valence-electron chi connectivity index (χ1n) is 5.47. The molecule has 0 saturated heterocycles. The van der Waals surface area contributed by atoms with Gasteiger partial charge in [0.2, 0.25) is 0 Å². The van der Waals surface area contributed by atoms with Crippen LogP contribution in [0.4, 0.5) is 5.82 Å². The third-order valence-electron chi connectivity index (χ3n) is 2.37. The predicted molar refractivity (Wildman–Crippen MR) is 64.3 cm³/mol. The molecule has 0 unspecified atom stereocenters. The molecular weight excluding hydrogens is 204 g/mol. The third-order valence-corrected chi connectivity index (χ3v) is 2.37. The van der Waals surface area contributed by atoms with E-state index < -0.39 is 0 Å². The van der Waals surface area contributed by atoms with Crippen LogP contribution in [0.15, 0.2) is 12.1 Å². The zero-order valence-corrected chi connectivity index (χ0v) is 10.2. The molecular formula is C11H20N4O. The molecule has 0 radical (unpaired) electrons. The minimum Gasteiger partial charge on any atom is -0.383 e. The molecule has 0 fully saturated rings. The van der Waals surface area contributed by atoms with E-state index in [1.165, 1.54) is 0 Å². The molecule has 0 aliphatic carbocycles. The Labute approximate surface area is 96.6 Å².